The van der Waals surface area contributed by atoms with Crippen LogP contribution in [0.2, 0.25) is 0 Å². The van der Waals surface area contributed by atoms with Crippen molar-refractivity contribution < 1.29 is 9.53 Å². The van der Waals surface area contributed by atoms with E-state index < -0.39 is 0 Å². The minimum atomic E-state index is -0.231. The lowest BCUT2D eigenvalue weighted by molar-refractivity contribution is 0.102. The summed E-state index contributed by atoms with van der Waals surface area (Å²) in [6.45, 7) is 10.7. The number of carbonyl (C=O) groups excluding carboxylic acids is 1. The smallest absolute Gasteiger partial charge is 0.276 e. The van der Waals surface area contributed by atoms with E-state index in [-0.39, 0.29) is 18.1 Å². The molecular formula is C23H27N3O2. The molecule has 0 unspecified atom stereocenters. The highest BCUT2D eigenvalue weighted by atomic mass is 16.5. The summed E-state index contributed by atoms with van der Waals surface area (Å²) in [5.41, 5.74) is 4.60. The van der Waals surface area contributed by atoms with Crippen molar-refractivity contribution in [3.8, 4) is 5.75 Å². The van der Waals surface area contributed by atoms with E-state index in [9.17, 15) is 4.79 Å². The lowest BCUT2D eigenvalue weighted by atomic mass is 9.87. The predicted octanol–water partition coefficient (Wildman–Crippen LogP) is 5.09. The zero-order valence-electron chi connectivity index (χ0n) is 17.1. The molecule has 2 aromatic carbocycles. The molecule has 0 fully saturated rings. The van der Waals surface area contributed by atoms with Gasteiger partial charge < -0.3 is 10.1 Å². The molecule has 0 atom stereocenters. The quantitative estimate of drug-likeness (QED) is 0.674. The van der Waals surface area contributed by atoms with Crippen LogP contribution in [0.5, 0.6) is 5.75 Å². The summed E-state index contributed by atoms with van der Waals surface area (Å²) in [4.78, 5) is 12.5. The van der Waals surface area contributed by atoms with E-state index in [1.54, 1.807) is 16.9 Å². The Kier molecular flexibility index (Phi) is 5.54. The van der Waals surface area contributed by atoms with Crippen LogP contribution in [0.4, 0.5) is 5.69 Å². The highest BCUT2D eigenvalue weighted by Crippen LogP contribution is 2.24. The molecule has 5 heteroatoms. The number of aromatic nitrogens is 2. The molecule has 1 amide bonds. The SMILES string of the molecule is Cc1cccc(C)c1NC(=O)c1ccn(COc2ccc(C(C)(C)C)cc2)n1. The van der Waals surface area contributed by atoms with Gasteiger partial charge in [0.15, 0.2) is 12.4 Å². The van der Waals surface area contributed by atoms with Crippen LogP contribution in [0.15, 0.2) is 54.7 Å². The predicted molar refractivity (Wildman–Crippen MR) is 112 cm³/mol. The largest absolute Gasteiger partial charge is 0.471 e. The molecule has 0 saturated carbocycles. The van der Waals surface area contributed by atoms with Gasteiger partial charge in [0.05, 0.1) is 0 Å². The highest BCUT2D eigenvalue weighted by Gasteiger charge is 2.14. The van der Waals surface area contributed by atoms with Gasteiger partial charge in [-0.15, -0.1) is 0 Å². The highest BCUT2D eigenvalue weighted by molar-refractivity contribution is 6.03. The number of aryl methyl sites for hydroxylation is 2. The third-order valence-corrected chi connectivity index (χ3v) is 4.68. The average Bonchev–Trinajstić information content (AvgIpc) is 3.12. The average molecular weight is 377 g/mol. The number of benzene rings is 2. The first-order valence-electron chi connectivity index (χ1n) is 9.38. The third kappa shape index (κ3) is 4.60. The number of anilines is 1. The number of nitrogens with one attached hydrogen (secondary N) is 1. The number of amides is 1. The van der Waals surface area contributed by atoms with Crippen molar-refractivity contribution in [1.82, 2.24) is 9.78 Å². The van der Waals surface area contributed by atoms with Gasteiger partial charge in [-0.2, -0.15) is 5.10 Å². The molecule has 3 rings (SSSR count). The van der Waals surface area contributed by atoms with Gasteiger partial charge in [-0.3, -0.25) is 4.79 Å². The second kappa shape index (κ2) is 7.89. The molecule has 0 bridgehead atoms. The number of para-hydroxylation sites is 1. The van der Waals surface area contributed by atoms with Crippen molar-refractivity contribution in [3.63, 3.8) is 0 Å². The second-order valence-electron chi connectivity index (χ2n) is 8.01. The Morgan fingerprint density at radius 1 is 1.04 bits per heavy atom. The lowest BCUT2D eigenvalue weighted by Crippen LogP contribution is -2.15. The maximum absolute atomic E-state index is 12.5. The van der Waals surface area contributed by atoms with E-state index in [1.807, 2.05) is 44.2 Å². The molecule has 1 N–H and O–H groups in total. The molecule has 28 heavy (non-hydrogen) atoms. The zero-order valence-corrected chi connectivity index (χ0v) is 17.1. The summed E-state index contributed by atoms with van der Waals surface area (Å²) in [6, 6.07) is 15.7. The minimum Gasteiger partial charge on any atom is -0.471 e. The molecule has 146 valence electrons. The normalized spacial score (nSPS) is 11.3. The van der Waals surface area contributed by atoms with Crippen molar-refractivity contribution >= 4 is 11.6 Å². The Hall–Kier alpha value is -3.08. The lowest BCUT2D eigenvalue weighted by Gasteiger charge is -2.19. The fourth-order valence-electron chi connectivity index (χ4n) is 2.94. The van der Waals surface area contributed by atoms with Crippen LogP contribution in [0, 0.1) is 13.8 Å². The van der Waals surface area contributed by atoms with E-state index in [0.717, 1.165) is 22.6 Å². The van der Waals surface area contributed by atoms with Gasteiger partial charge in [0, 0.05) is 11.9 Å². The van der Waals surface area contributed by atoms with Crippen LogP contribution in [0.25, 0.3) is 0 Å². The molecule has 1 heterocycles. The van der Waals surface area contributed by atoms with Crippen molar-refractivity contribution in [2.24, 2.45) is 0 Å². The molecule has 5 nitrogen and oxygen atoms in total. The van der Waals surface area contributed by atoms with Crippen LogP contribution in [-0.2, 0) is 12.1 Å². The molecule has 0 aliphatic carbocycles. The van der Waals surface area contributed by atoms with Gasteiger partial charge in [0.25, 0.3) is 5.91 Å². The summed E-state index contributed by atoms with van der Waals surface area (Å²) in [5, 5.41) is 7.26. The van der Waals surface area contributed by atoms with Gasteiger partial charge in [-0.25, -0.2) is 4.68 Å². The van der Waals surface area contributed by atoms with Gasteiger partial charge in [0.1, 0.15) is 5.75 Å². The zero-order chi connectivity index (χ0) is 20.3. The van der Waals surface area contributed by atoms with Gasteiger partial charge >= 0.3 is 0 Å². The van der Waals surface area contributed by atoms with Gasteiger partial charge in [0.2, 0.25) is 0 Å². The summed E-state index contributed by atoms with van der Waals surface area (Å²) < 4.78 is 7.39. The van der Waals surface area contributed by atoms with Crippen LogP contribution in [0.1, 0.15) is 48.0 Å². The van der Waals surface area contributed by atoms with E-state index in [2.05, 4.69) is 43.3 Å². The van der Waals surface area contributed by atoms with Crippen molar-refractivity contribution in [3.05, 3.63) is 77.1 Å². The molecular weight excluding hydrogens is 350 g/mol. The fraction of sp³-hybridized carbons (Fsp3) is 0.304. The van der Waals surface area contributed by atoms with E-state index in [0.29, 0.717) is 5.69 Å². The van der Waals surface area contributed by atoms with Crippen molar-refractivity contribution in [2.75, 3.05) is 5.32 Å². The summed E-state index contributed by atoms with van der Waals surface area (Å²) in [5.74, 6) is 0.538. The number of hydrogen-bond donors (Lipinski definition) is 1. The van der Waals surface area contributed by atoms with Crippen molar-refractivity contribution in [2.45, 2.75) is 46.8 Å². The summed E-state index contributed by atoms with van der Waals surface area (Å²) >= 11 is 0. The van der Waals surface area contributed by atoms with Gasteiger partial charge in [-0.05, 0) is 54.2 Å². The first-order chi connectivity index (χ1) is 13.2. The number of carbonyl (C=O) groups is 1. The number of nitrogens with zero attached hydrogens (tertiary/aromatic N) is 2. The fourth-order valence-corrected chi connectivity index (χ4v) is 2.94. The topological polar surface area (TPSA) is 56.2 Å². The van der Waals surface area contributed by atoms with Crippen LogP contribution >= 0.6 is 0 Å². The Bertz CT molecular complexity index is 946. The molecule has 0 saturated heterocycles. The molecule has 0 aliphatic rings. The van der Waals surface area contributed by atoms with E-state index in [4.69, 9.17) is 4.74 Å². The minimum absolute atomic E-state index is 0.109. The number of rotatable bonds is 5. The maximum atomic E-state index is 12.5. The number of hydrogen-bond acceptors (Lipinski definition) is 3. The monoisotopic (exact) mass is 377 g/mol. The first-order valence-corrected chi connectivity index (χ1v) is 9.38. The van der Waals surface area contributed by atoms with Crippen LogP contribution in [-0.4, -0.2) is 15.7 Å². The Labute approximate surface area is 166 Å². The standard InChI is InChI=1S/C23H27N3O2/c1-16-7-6-8-17(2)21(16)24-22(27)20-13-14-26(25-20)15-28-19-11-9-18(10-12-19)23(3,4)5/h6-14H,15H2,1-5H3,(H,24,27). The van der Waals surface area contributed by atoms with E-state index in [1.165, 1.54) is 5.56 Å². The Balaban J connectivity index is 1.62. The van der Waals surface area contributed by atoms with E-state index >= 15 is 0 Å². The molecule has 0 aliphatic heterocycles. The number of ether oxygens (including phenoxy) is 1. The summed E-state index contributed by atoms with van der Waals surface area (Å²) in [7, 11) is 0. The van der Waals surface area contributed by atoms with Crippen molar-refractivity contribution in [1.29, 1.82) is 0 Å². The van der Waals surface area contributed by atoms with Gasteiger partial charge in [-0.1, -0.05) is 51.1 Å². The maximum Gasteiger partial charge on any atom is 0.276 e. The summed E-state index contributed by atoms with van der Waals surface area (Å²) in [6.07, 6.45) is 1.74. The molecule has 1 aromatic heterocycles. The Morgan fingerprint density at radius 3 is 2.29 bits per heavy atom. The molecule has 0 radical (unpaired) electrons. The second-order valence-corrected chi connectivity index (χ2v) is 8.01. The van der Waals surface area contributed by atoms with Crippen LogP contribution in [0.3, 0.4) is 0 Å². The Morgan fingerprint density at radius 2 is 1.68 bits per heavy atom. The molecule has 3 aromatic rings. The third-order valence-electron chi connectivity index (χ3n) is 4.68. The molecule has 0 spiro atoms. The van der Waals surface area contributed by atoms with Crippen LogP contribution < -0.4 is 10.1 Å². The first kappa shape index (κ1) is 19.7.